The van der Waals surface area contributed by atoms with Crippen molar-refractivity contribution in [2.45, 2.75) is 32.0 Å². The number of carbonyl (C=O) groups excluding carboxylic acids is 1. The number of hydrogen-bond donors (Lipinski definition) is 4. The maximum atomic E-state index is 13.2. The third-order valence-electron chi connectivity index (χ3n) is 4.13. The summed E-state index contributed by atoms with van der Waals surface area (Å²) in [6.45, 7) is 1.41. The number of anilines is 4. The van der Waals surface area contributed by atoms with Crippen molar-refractivity contribution in [1.29, 1.82) is 0 Å². The first-order valence-corrected chi connectivity index (χ1v) is 8.31. The van der Waals surface area contributed by atoms with Gasteiger partial charge in [0.25, 0.3) is 0 Å². The molecule has 0 saturated heterocycles. The minimum absolute atomic E-state index is 0.0319. The summed E-state index contributed by atoms with van der Waals surface area (Å²) in [5, 5.41) is 17.4. The van der Waals surface area contributed by atoms with Crippen molar-refractivity contribution in [3.05, 3.63) is 35.5 Å². The number of rotatable bonds is 6. The third kappa shape index (κ3) is 4.27. The molecule has 1 unspecified atom stereocenters. The van der Waals surface area contributed by atoms with E-state index >= 15 is 0 Å². The molecule has 0 fully saturated rings. The number of hydrogen-bond acceptors (Lipinski definition) is 6. The lowest BCUT2D eigenvalue weighted by atomic mass is 10.1. The molecule has 2 aromatic rings. The highest BCUT2D eigenvalue weighted by Gasteiger charge is 2.35. The van der Waals surface area contributed by atoms with Crippen molar-refractivity contribution >= 4 is 29.0 Å². The normalized spacial score (nSPS) is 14.5. The van der Waals surface area contributed by atoms with Gasteiger partial charge < -0.3 is 21.1 Å². The van der Waals surface area contributed by atoms with Crippen LogP contribution in [0.1, 0.15) is 24.5 Å². The van der Waals surface area contributed by atoms with Crippen LogP contribution in [0.5, 0.6) is 0 Å². The van der Waals surface area contributed by atoms with Crippen molar-refractivity contribution in [2.75, 3.05) is 22.6 Å². The van der Waals surface area contributed by atoms with Crippen molar-refractivity contribution in [3.63, 3.8) is 0 Å². The molecule has 144 valence electrons. The van der Waals surface area contributed by atoms with Crippen LogP contribution in [0, 0.1) is 0 Å². The Kier molecular flexibility index (Phi) is 5.17. The number of nitrogens with one attached hydrogen (secondary N) is 3. The molecular formula is C17H18F3N5O2. The van der Waals surface area contributed by atoms with Gasteiger partial charge in [-0.2, -0.15) is 18.2 Å². The Labute approximate surface area is 153 Å². The highest BCUT2D eigenvalue weighted by atomic mass is 19.4. The summed E-state index contributed by atoms with van der Waals surface area (Å²) in [4.78, 5) is 19.1. The molecule has 0 saturated carbocycles. The predicted molar refractivity (Wildman–Crippen MR) is 93.9 cm³/mol. The number of aliphatic hydroxyl groups is 1. The molecule has 0 radical (unpaired) electrons. The number of benzene rings is 1. The second-order valence-corrected chi connectivity index (χ2v) is 6.11. The van der Waals surface area contributed by atoms with E-state index in [9.17, 15) is 23.1 Å². The number of carbonyl (C=O) groups is 1. The van der Waals surface area contributed by atoms with Gasteiger partial charge in [0, 0.05) is 17.6 Å². The molecule has 0 bridgehead atoms. The number of halogens is 3. The Morgan fingerprint density at radius 3 is 2.81 bits per heavy atom. The molecule has 7 nitrogen and oxygen atoms in total. The first-order valence-electron chi connectivity index (χ1n) is 8.31. The van der Waals surface area contributed by atoms with Gasteiger partial charge in [-0.3, -0.25) is 4.79 Å². The van der Waals surface area contributed by atoms with Gasteiger partial charge in [0.15, 0.2) is 0 Å². The van der Waals surface area contributed by atoms with Crippen LogP contribution < -0.4 is 16.0 Å². The average molecular weight is 381 g/mol. The minimum Gasteiger partial charge on any atom is -0.394 e. The fourth-order valence-corrected chi connectivity index (χ4v) is 2.67. The highest BCUT2D eigenvalue weighted by Crippen LogP contribution is 2.35. The Balaban J connectivity index is 1.88. The first kappa shape index (κ1) is 18.9. The molecule has 1 atom stereocenters. The van der Waals surface area contributed by atoms with Crippen LogP contribution in [-0.2, 0) is 17.4 Å². The summed E-state index contributed by atoms with van der Waals surface area (Å²) in [7, 11) is 0. The van der Waals surface area contributed by atoms with Gasteiger partial charge in [0.1, 0.15) is 11.4 Å². The zero-order chi connectivity index (χ0) is 19.6. The standard InChI is InChI=1S/C17H18F3N5O2/c1-2-10(8-26)22-15-12(17(18,19)20)7-21-16(25-15)23-11-3-4-13-9(5-11)6-14(27)24-13/h3-5,7,10,26H,2,6,8H2,1H3,(H,24,27)(H2,21,22,23,25). The SMILES string of the molecule is CCC(CO)Nc1nc(Nc2ccc3c(c2)CC(=O)N3)ncc1C(F)(F)F. The van der Waals surface area contributed by atoms with Gasteiger partial charge in [0.2, 0.25) is 11.9 Å². The largest absolute Gasteiger partial charge is 0.421 e. The van der Waals surface area contributed by atoms with Gasteiger partial charge in [-0.15, -0.1) is 0 Å². The van der Waals surface area contributed by atoms with Gasteiger partial charge in [-0.05, 0) is 30.2 Å². The van der Waals surface area contributed by atoms with E-state index in [1.807, 2.05) is 0 Å². The molecular weight excluding hydrogens is 363 g/mol. The highest BCUT2D eigenvalue weighted by molar-refractivity contribution is 5.99. The fourth-order valence-electron chi connectivity index (χ4n) is 2.67. The molecule has 0 spiro atoms. The summed E-state index contributed by atoms with van der Waals surface area (Å²) >= 11 is 0. The Bertz CT molecular complexity index is 853. The Morgan fingerprint density at radius 1 is 1.37 bits per heavy atom. The summed E-state index contributed by atoms with van der Waals surface area (Å²) in [5.41, 5.74) is 1.02. The van der Waals surface area contributed by atoms with Crippen molar-refractivity contribution in [1.82, 2.24) is 9.97 Å². The second-order valence-electron chi connectivity index (χ2n) is 6.11. The van der Waals surface area contributed by atoms with Gasteiger partial charge in [-0.25, -0.2) is 4.98 Å². The van der Waals surface area contributed by atoms with Crippen molar-refractivity contribution in [2.24, 2.45) is 0 Å². The minimum atomic E-state index is -4.63. The summed E-state index contributed by atoms with van der Waals surface area (Å²) in [6.07, 6.45) is -3.28. The molecule has 2 heterocycles. The van der Waals surface area contributed by atoms with E-state index in [0.29, 0.717) is 24.0 Å². The molecule has 0 aliphatic carbocycles. The van der Waals surface area contributed by atoms with E-state index in [0.717, 1.165) is 5.56 Å². The summed E-state index contributed by atoms with van der Waals surface area (Å²) < 4.78 is 39.6. The van der Waals surface area contributed by atoms with E-state index in [-0.39, 0.29) is 24.9 Å². The van der Waals surface area contributed by atoms with Crippen LogP contribution in [0.2, 0.25) is 0 Å². The summed E-state index contributed by atoms with van der Waals surface area (Å²) in [5.74, 6) is -0.552. The number of amides is 1. The average Bonchev–Trinajstić information content (AvgIpc) is 2.98. The number of fused-ring (bicyclic) bond motifs is 1. The molecule has 1 aliphatic heterocycles. The monoisotopic (exact) mass is 381 g/mol. The number of alkyl halides is 3. The molecule has 3 rings (SSSR count). The van der Waals surface area contributed by atoms with Crippen LogP contribution in [0.15, 0.2) is 24.4 Å². The van der Waals surface area contributed by atoms with Gasteiger partial charge >= 0.3 is 6.18 Å². The number of nitrogens with zero attached hydrogens (tertiary/aromatic N) is 2. The lowest BCUT2D eigenvalue weighted by Gasteiger charge is -2.19. The number of aliphatic hydroxyl groups excluding tert-OH is 1. The van der Waals surface area contributed by atoms with E-state index < -0.39 is 23.6 Å². The van der Waals surface area contributed by atoms with Crippen LogP contribution in [0.3, 0.4) is 0 Å². The second kappa shape index (κ2) is 7.39. The predicted octanol–water partition coefficient (Wildman–Crippen LogP) is 2.92. The van der Waals surface area contributed by atoms with E-state index in [4.69, 9.17) is 0 Å². The maximum Gasteiger partial charge on any atom is 0.421 e. The van der Waals surface area contributed by atoms with E-state index in [2.05, 4.69) is 25.9 Å². The topological polar surface area (TPSA) is 99.2 Å². The molecule has 1 amide bonds. The first-order chi connectivity index (χ1) is 12.8. The van der Waals surface area contributed by atoms with Crippen LogP contribution in [0.25, 0.3) is 0 Å². The summed E-state index contributed by atoms with van der Waals surface area (Å²) in [6, 6.07) is 4.52. The molecule has 27 heavy (non-hydrogen) atoms. The lowest BCUT2D eigenvalue weighted by Crippen LogP contribution is -2.25. The molecule has 1 aromatic heterocycles. The van der Waals surface area contributed by atoms with Gasteiger partial charge in [0.05, 0.1) is 19.1 Å². The van der Waals surface area contributed by atoms with E-state index in [1.54, 1.807) is 25.1 Å². The van der Waals surface area contributed by atoms with Crippen molar-refractivity contribution in [3.8, 4) is 0 Å². The third-order valence-corrected chi connectivity index (χ3v) is 4.13. The lowest BCUT2D eigenvalue weighted by molar-refractivity contribution is -0.137. The van der Waals surface area contributed by atoms with Crippen LogP contribution in [-0.4, -0.2) is 33.6 Å². The smallest absolute Gasteiger partial charge is 0.394 e. The molecule has 10 heteroatoms. The number of aromatic nitrogens is 2. The zero-order valence-electron chi connectivity index (χ0n) is 14.4. The maximum absolute atomic E-state index is 13.2. The van der Waals surface area contributed by atoms with E-state index in [1.165, 1.54) is 0 Å². The Morgan fingerprint density at radius 2 is 2.15 bits per heavy atom. The Hall–Kier alpha value is -2.88. The van der Waals surface area contributed by atoms with Crippen molar-refractivity contribution < 1.29 is 23.1 Å². The van der Waals surface area contributed by atoms with Crippen LogP contribution in [0.4, 0.5) is 36.3 Å². The molecule has 1 aliphatic rings. The molecule has 1 aromatic carbocycles. The molecule has 4 N–H and O–H groups in total. The quantitative estimate of drug-likeness (QED) is 0.614. The van der Waals surface area contributed by atoms with Crippen LogP contribution >= 0.6 is 0 Å². The van der Waals surface area contributed by atoms with Gasteiger partial charge in [-0.1, -0.05) is 6.92 Å². The zero-order valence-corrected chi connectivity index (χ0v) is 14.4. The fraction of sp³-hybridized carbons (Fsp3) is 0.353.